The molecule has 0 heterocycles. The van der Waals surface area contributed by atoms with E-state index in [0.29, 0.717) is 0 Å². The fourth-order valence-corrected chi connectivity index (χ4v) is 6.82. The maximum absolute atomic E-state index is 2.38. The summed E-state index contributed by atoms with van der Waals surface area (Å²) in [6.07, 6.45) is 2.14. The first-order chi connectivity index (χ1) is 22.2. The SMILES string of the molecule is CC.CC.Cc1ccc(C2=C(c3ccc(-c4ccc5c6ccccc6c6ccccc6c5c4)cc3)c3ccccc3CC2)cc1. The zero-order valence-electron chi connectivity index (χ0n) is 27.2. The molecule has 0 atom stereocenters. The summed E-state index contributed by atoms with van der Waals surface area (Å²) in [6.45, 7) is 10.2. The van der Waals surface area contributed by atoms with Crippen LogP contribution in [0.15, 0.2) is 140 Å². The van der Waals surface area contributed by atoms with Crippen LogP contribution in [0.25, 0.3) is 54.6 Å². The van der Waals surface area contributed by atoms with E-state index in [9.17, 15) is 0 Å². The number of allylic oxidation sites excluding steroid dienone is 1. The summed E-state index contributed by atoms with van der Waals surface area (Å²) in [5, 5.41) is 7.88. The van der Waals surface area contributed by atoms with Crippen LogP contribution in [0, 0.1) is 6.92 Å². The molecule has 0 saturated carbocycles. The first-order valence-electron chi connectivity index (χ1n) is 16.6. The van der Waals surface area contributed by atoms with Crippen molar-refractivity contribution in [2.45, 2.75) is 47.5 Å². The summed E-state index contributed by atoms with van der Waals surface area (Å²) in [4.78, 5) is 0. The lowest BCUT2D eigenvalue weighted by Crippen LogP contribution is -2.06. The van der Waals surface area contributed by atoms with Crippen molar-refractivity contribution in [3.63, 3.8) is 0 Å². The normalized spacial score (nSPS) is 12.3. The van der Waals surface area contributed by atoms with Gasteiger partial charge in [0.2, 0.25) is 0 Å². The van der Waals surface area contributed by atoms with Gasteiger partial charge in [0.1, 0.15) is 0 Å². The molecule has 7 aromatic carbocycles. The summed E-state index contributed by atoms with van der Waals surface area (Å²) >= 11 is 0. The third-order valence-corrected chi connectivity index (χ3v) is 8.88. The smallest absolute Gasteiger partial charge is 0.00705 e. The Hall–Kier alpha value is -4.94. The summed E-state index contributed by atoms with van der Waals surface area (Å²) in [5.74, 6) is 0. The third-order valence-electron chi connectivity index (χ3n) is 8.88. The largest absolute Gasteiger partial charge is 0.0683 e. The second-order valence-electron chi connectivity index (χ2n) is 11.3. The Bertz CT molecular complexity index is 2090. The number of rotatable bonds is 3. The van der Waals surface area contributed by atoms with E-state index in [0.717, 1.165) is 12.8 Å². The van der Waals surface area contributed by atoms with Gasteiger partial charge in [0.25, 0.3) is 0 Å². The molecule has 0 bridgehead atoms. The predicted octanol–water partition coefficient (Wildman–Crippen LogP) is 13.1. The van der Waals surface area contributed by atoms with Crippen LogP contribution in [0.1, 0.15) is 61.9 Å². The second-order valence-corrected chi connectivity index (χ2v) is 11.3. The van der Waals surface area contributed by atoms with Gasteiger partial charge in [-0.1, -0.05) is 167 Å². The molecule has 8 rings (SSSR count). The Kier molecular flexibility index (Phi) is 8.94. The van der Waals surface area contributed by atoms with Crippen LogP contribution in [0.5, 0.6) is 0 Å². The highest BCUT2D eigenvalue weighted by molar-refractivity contribution is 6.25. The lowest BCUT2D eigenvalue weighted by molar-refractivity contribution is 0.993. The van der Waals surface area contributed by atoms with Crippen molar-refractivity contribution in [3.05, 3.63) is 167 Å². The van der Waals surface area contributed by atoms with Gasteiger partial charge in [-0.05, 0) is 103 Å². The van der Waals surface area contributed by atoms with E-state index in [1.165, 1.54) is 82.4 Å². The average Bonchev–Trinajstić information content (AvgIpc) is 3.13. The Balaban J connectivity index is 0.000000860. The molecule has 0 nitrogen and oxygen atoms in total. The van der Waals surface area contributed by atoms with Crippen molar-refractivity contribution in [2.24, 2.45) is 0 Å². The molecule has 0 amide bonds. The molecule has 0 radical (unpaired) electrons. The summed E-state index contributed by atoms with van der Waals surface area (Å²) in [5.41, 5.74) is 12.0. The fourth-order valence-electron chi connectivity index (χ4n) is 6.82. The van der Waals surface area contributed by atoms with E-state index < -0.39 is 0 Å². The molecule has 0 heteroatoms. The van der Waals surface area contributed by atoms with E-state index in [1.54, 1.807) is 0 Å². The first-order valence-corrected chi connectivity index (χ1v) is 16.6. The van der Waals surface area contributed by atoms with Gasteiger partial charge in [-0.15, -0.1) is 0 Å². The zero-order valence-corrected chi connectivity index (χ0v) is 27.2. The molecule has 0 saturated heterocycles. The summed E-state index contributed by atoms with van der Waals surface area (Å²) in [7, 11) is 0. The molecular weight excluding hydrogens is 540 g/mol. The summed E-state index contributed by atoms with van der Waals surface area (Å²) < 4.78 is 0. The quantitative estimate of drug-likeness (QED) is 0.182. The number of hydrogen-bond donors (Lipinski definition) is 0. The number of fused-ring (bicyclic) bond motifs is 7. The minimum absolute atomic E-state index is 1.06. The lowest BCUT2D eigenvalue weighted by atomic mass is 9.79. The van der Waals surface area contributed by atoms with Gasteiger partial charge in [-0.2, -0.15) is 0 Å². The summed E-state index contributed by atoms with van der Waals surface area (Å²) in [6, 6.07) is 51.8. The fraction of sp³-hybridized carbons (Fsp3) is 0.156. The number of aryl methyl sites for hydroxylation is 2. The van der Waals surface area contributed by atoms with Crippen LogP contribution in [-0.2, 0) is 6.42 Å². The standard InChI is InChI=1S/C41H30.2C2H6/c1-27-14-16-30(17-15-27)34-24-22-29-8-2-3-9-33(29)41(34)31-20-18-28(19-21-31)32-23-25-39-37-12-5-4-10-35(37)36-11-6-7-13-38(36)40(39)26-32;2*1-2/h2-21,23,25-26H,22,24H2,1H3;2*1-2H3. The molecule has 1 aliphatic rings. The van der Waals surface area contributed by atoms with E-state index >= 15 is 0 Å². The van der Waals surface area contributed by atoms with Crippen LogP contribution in [0.2, 0.25) is 0 Å². The van der Waals surface area contributed by atoms with Crippen LogP contribution < -0.4 is 0 Å². The molecule has 0 aliphatic heterocycles. The molecule has 222 valence electrons. The highest BCUT2D eigenvalue weighted by atomic mass is 14.2. The van der Waals surface area contributed by atoms with Crippen LogP contribution in [-0.4, -0.2) is 0 Å². The molecular formula is C45H42. The maximum Gasteiger partial charge on any atom is -0.00705 e. The van der Waals surface area contributed by atoms with Crippen molar-refractivity contribution in [1.29, 1.82) is 0 Å². The van der Waals surface area contributed by atoms with Gasteiger partial charge in [-0.25, -0.2) is 0 Å². The Morgan fingerprint density at radius 1 is 0.378 bits per heavy atom. The lowest BCUT2D eigenvalue weighted by Gasteiger charge is -2.25. The second kappa shape index (κ2) is 13.4. The Labute approximate surface area is 268 Å². The van der Waals surface area contributed by atoms with E-state index in [4.69, 9.17) is 0 Å². The van der Waals surface area contributed by atoms with Crippen molar-refractivity contribution in [2.75, 3.05) is 0 Å². The molecule has 1 aliphatic carbocycles. The van der Waals surface area contributed by atoms with Crippen LogP contribution >= 0.6 is 0 Å². The molecule has 45 heavy (non-hydrogen) atoms. The van der Waals surface area contributed by atoms with Crippen molar-refractivity contribution in [3.8, 4) is 11.1 Å². The van der Waals surface area contributed by atoms with Gasteiger partial charge >= 0.3 is 0 Å². The van der Waals surface area contributed by atoms with Crippen molar-refractivity contribution in [1.82, 2.24) is 0 Å². The molecule has 0 fully saturated rings. The monoisotopic (exact) mass is 582 g/mol. The minimum atomic E-state index is 1.06. The Morgan fingerprint density at radius 3 is 1.47 bits per heavy atom. The topological polar surface area (TPSA) is 0 Å². The van der Waals surface area contributed by atoms with Crippen LogP contribution in [0.4, 0.5) is 0 Å². The van der Waals surface area contributed by atoms with Gasteiger partial charge in [0, 0.05) is 0 Å². The van der Waals surface area contributed by atoms with E-state index in [2.05, 4.69) is 146 Å². The highest BCUT2D eigenvalue weighted by Gasteiger charge is 2.21. The van der Waals surface area contributed by atoms with Gasteiger partial charge in [0.05, 0.1) is 0 Å². The molecule has 7 aromatic rings. The van der Waals surface area contributed by atoms with E-state index in [-0.39, 0.29) is 0 Å². The molecule has 0 spiro atoms. The number of hydrogen-bond acceptors (Lipinski definition) is 0. The van der Waals surface area contributed by atoms with Crippen molar-refractivity contribution < 1.29 is 0 Å². The minimum Gasteiger partial charge on any atom is -0.0683 e. The third kappa shape index (κ3) is 5.58. The molecule has 0 unspecified atom stereocenters. The van der Waals surface area contributed by atoms with Gasteiger partial charge < -0.3 is 0 Å². The first kappa shape index (κ1) is 30.1. The predicted molar refractivity (Wildman–Crippen MR) is 199 cm³/mol. The van der Waals surface area contributed by atoms with Crippen molar-refractivity contribution >= 4 is 43.5 Å². The van der Waals surface area contributed by atoms with Gasteiger partial charge in [-0.3, -0.25) is 0 Å². The van der Waals surface area contributed by atoms with E-state index in [1.807, 2.05) is 27.7 Å². The molecule has 0 N–H and O–H groups in total. The maximum atomic E-state index is 2.38. The highest BCUT2D eigenvalue weighted by Crippen LogP contribution is 2.42. The van der Waals surface area contributed by atoms with Gasteiger partial charge in [0.15, 0.2) is 0 Å². The Morgan fingerprint density at radius 2 is 0.844 bits per heavy atom. The average molecular weight is 583 g/mol. The van der Waals surface area contributed by atoms with Crippen LogP contribution in [0.3, 0.4) is 0 Å². The molecule has 0 aromatic heterocycles. The number of benzene rings is 7. The zero-order chi connectivity index (χ0) is 31.3.